The summed E-state index contributed by atoms with van der Waals surface area (Å²) in [5.74, 6) is -10.7. The minimum Gasteiger partial charge on any atom is -0.478 e. The van der Waals surface area contributed by atoms with E-state index in [0.717, 1.165) is 49.3 Å². The lowest BCUT2D eigenvalue weighted by atomic mass is 9.43. The first-order chi connectivity index (χ1) is 63.3. The lowest BCUT2D eigenvalue weighted by Crippen LogP contribution is -2.65. The van der Waals surface area contributed by atoms with E-state index >= 15 is 0 Å². The second kappa shape index (κ2) is 38.5. The van der Waals surface area contributed by atoms with Crippen LogP contribution < -0.4 is 28.4 Å². The molecule has 6 aromatic carbocycles. The van der Waals surface area contributed by atoms with E-state index in [1.807, 2.05) is 5.98 Å². The molecule has 136 heavy (non-hydrogen) atoms. The van der Waals surface area contributed by atoms with Crippen molar-refractivity contribution in [2.75, 3.05) is 0 Å². The molecule has 9 fully saturated rings. The number of carbonyl (C=O) groups excluding carboxylic acids is 8. The van der Waals surface area contributed by atoms with Crippen molar-refractivity contribution in [1.82, 2.24) is 0 Å². The molecular weight excluding hydrogens is 2060 g/mol. The van der Waals surface area contributed by atoms with Gasteiger partial charge in [0.25, 0.3) is 12.9 Å². The molecule has 40 heteroatoms. The molecule has 0 amide bonds. The molecule has 12 atom stereocenters. The number of carbonyl (C=O) groups is 9. The van der Waals surface area contributed by atoms with Gasteiger partial charge in [0, 0.05) is 117 Å². The Morgan fingerprint density at radius 2 is 0.801 bits per heavy atom. The highest BCUT2D eigenvalue weighted by molar-refractivity contribution is 9.12. The fourth-order valence-corrected chi connectivity index (χ4v) is 20.5. The maximum absolute atomic E-state index is 14.4. The molecule has 21 rings (SSSR count). The molecule has 2 saturated heterocycles. The lowest BCUT2D eigenvalue weighted by Gasteiger charge is -2.64. The minimum absolute atomic E-state index is 0.0620. The summed E-state index contributed by atoms with van der Waals surface area (Å²) >= 11 is 12.8. The Hall–Kier alpha value is -10.2. The molecule has 726 valence electrons. The standard InChI is InChI=1S/C23H28BFO5.C22H26BFO5.C13H11Br2FO5.C13H11FO5.C12H10BrFO3.C10H8BrFO3.C3H4O2/c1-21(2)11-8-16(21)23(5)17(9-11)29-24(30-23)14-10-13(14)12-6-7-15(25)18-19(12)27-22(3,4)28-20(18)26;1-20(2)13-10-15(20)22(5)16(11-13)28-23(29-22)9-8-12-6-7-14(24)17-18(12)26-21(3,4)27-19(17)25;1-13(2)20-10-6(9(14)11(15)19-5-17)3-4-7(16)8(10)12(18)21-13;1-13(2)18-11-8(5-6-17-7-15)3-4-9(14)10(11)12(16)19-13;1-12(2)16-10-7(5-6-13)3-4-8(14)9(10)11(15)17-12;1-10(2)14-8-5(11)3-4-6(12)7(8)9(13)15-10;1-2-3(4)5/h6-7,11,13-14,16-17H,8-10H2,1-5H3;6-9,13,15-16H,10-11H2,1-5H3;3-5,9,11H,1-2H3;3-7H,1-2H3;3-6H,1-2H3;3-4H,1-2H3;2H,1H2,(H,4,5)/b;9-8-;;6-5+;6-5-;;/t11?,13?,14?,16?,17?,23-;13?,15?,16?,22-;;;;;/m00...../s1. The highest BCUT2D eigenvalue weighted by Gasteiger charge is 2.71. The zero-order valence-corrected chi connectivity index (χ0v) is 83.4. The van der Waals surface area contributed by atoms with E-state index in [4.69, 9.17) is 85.3 Å². The molecular formula is C96H98B2Br4F6O28. The molecule has 7 saturated carbocycles. The number of cyclic esters (lactones) is 6. The number of carboxylic acid groups (broad SMARTS) is 1. The van der Waals surface area contributed by atoms with Crippen LogP contribution in [0.1, 0.15) is 257 Å². The van der Waals surface area contributed by atoms with E-state index in [1.165, 1.54) is 75.2 Å². The molecule has 6 aromatic rings. The van der Waals surface area contributed by atoms with E-state index in [2.05, 4.69) is 117 Å². The monoisotopic (exact) mass is 2150 g/mol. The molecule has 4 bridgehead atoms. The summed E-state index contributed by atoms with van der Waals surface area (Å²) in [4.78, 5) is 102. The molecule has 7 aliphatic carbocycles. The number of aliphatic carboxylic acids is 1. The van der Waals surface area contributed by atoms with Crippen molar-refractivity contribution in [3.63, 3.8) is 0 Å². The number of benzene rings is 6. The van der Waals surface area contributed by atoms with Crippen molar-refractivity contribution in [3.8, 4) is 34.5 Å². The summed E-state index contributed by atoms with van der Waals surface area (Å²) in [5.41, 5.74) is 1.82. The van der Waals surface area contributed by atoms with E-state index in [9.17, 15) is 69.5 Å². The zero-order chi connectivity index (χ0) is 99.9. The average molecular weight is 2160 g/mol. The molecule has 8 aliphatic heterocycles. The van der Waals surface area contributed by atoms with E-state index in [-0.39, 0.29) is 123 Å². The normalized spacial score (nSPS) is 26.5. The number of hydrogen-bond donors (Lipinski definition) is 1. The van der Waals surface area contributed by atoms with Gasteiger partial charge in [0.2, 0.25) is 34.7 Å². The predicted molar refractivity (Wildman–Crippen MR) is 491 cm³/mol. The number of rotatable bonds is 13. The van der Waals surface area contributed by atoms with Crippen LogP contribution in [0.3, 0.4) is 0 Å². The Bertz CT molecular complexity index is 5920. The Morgan fingerprint density at radius 1 is 0.449 bits per heavy atom. The Morgan fingerprint density at radius 3 is 1.21 bits per heavy atom. The van der Waals surface area contributed by atoms with Gasteiger partial charge in [-0.1, -0.05) is 90.3 Å². The molecule has 15 aliphatic rings. The molecule has 28 nitrogen and oxygen atoms in total. The fourth-order valence-electron chi connectivity index (χ4n) is 18.9. The summed E-state index contributed by atoms with van der Waals surface area (Å²) in [5, 5.41) is 6.89. The third kappa shape index (κ3) is 21.0. The van der Waals surface area contributed by atoms with E-state index in [1.54, 1.807) is 105 Å². The largest absolute Gasteiger partial charge is 0.486 e. The van der Waals surface area contributed by atoms with Crippen LogP contribution in [0, 0.1) is 69.4 Å². The first-order valence-electron chi connectivity index (χ1n) is 43.1. The number of hydrogen-bond acceptors (Lipinski definition) is 27. The lowest BCUT2D eigenvalue weighted by molar-refractivity contribution is -0.199. The second-order valence-corrected chi connectivity index (χ2v) is 41.5. The van der Waals surface area contributed by atoms with Gasteiger partial charge in [-0.15, -0.1) is 0 Å². The van der Waals surface area contributed by atoms with Crippen LogP contribution in [-0.2, 0) is 70.9 Å². The van der Waals surface area contributed by atoms with E-state index < -0.39 is 128 Å². The van der Waals surface area contributed by atoms with Gasteiger partial charge < -0.3 is 90.0 Å². The van der Waals surface area contributed by atoms with Crippen molar-refractivity contribution in [2.24, 2.45) is 34.5 Å². The van der Waals surface area contributed by atoms with Crippen molar-refractivity contribution >= 4 is 151 Å². The van der Waals surface area contributed by atoms with Gasteiger partial charge in [0.05, 0.1) is 39.0 Å². The van der Waals surface area contributed by atoms with Crippen LogP contribution in [0.15, 0.2) is 107 Å². The van der Waals surface area contributed by atoms with Gasteiger partial charge in [0.1, 0.15) is 97.0 Å². The van der Waals surface area contributed by atoms with Gasteiger partial charge >= 0.3 is 56.0 Å². The smallest absolute Gasteiger partial charge is 0.478 e. The zero-order valence-electron chi connectivity index (χ0n) is 77.0. The Labute approximate surface area is 813 Å². The third-order valence-electron chi connectivity index (χ3n) is 25.6. The van der Waals surface area contributed by atoms with Crippen LogP contribution in [0.4, 0.5) is 26.3 Å². The quantitative estimate of drug-likeness (QED) is 0.0164. The van der Waals surface area contributed by atoms with Gasteiger partial charge in [-0.25, -0.2) is 59.9 Å². The van der Waals surface area contributed by atoms with Crippen LogP contribution in [0.2, 0.25) is 5.82 Å². The summed E-state index contributed by atoms with van der Waals surface area (Å²) in [7, 11) is -0.742. The number of fused-ring (bicyclic) bond motifs is 6. The molecule has 0 radical (unpaired) electrons. The van der Waals surface area contributed by atoms with Gasteiger partial charge in [0.15, 0.2) is 10.8 Å². The Balaban J connectivity index is 0.000000139. The number of halogens is 10. The van der Waals surface area contributed by atoms with Crippen LogP contribution in [0.5, 0.6) is 34.5 Å². The first kappa shape index (κ1) is 103. The maximum atomic E-state index is 14.4. The topological polar surface area (TPSA) is 340 Å². The average Bonchev–Trinajstić information content (AvgIpc) is 1.49. The maximum Gasteiger partial charge on any atom is 0.486 e. The van der Waals surface area contributed by atoms with Crippen LogP contribution in [-0.4, -0.2) is 137 Å². The number of ether oxygens (including phenoxy) is 14. The fraction of sp³-hybridized carbons (Fsp3) is 0.448. The number of esters is 6. The van der Waals surface area contributed by atoms with Crippen molar-refractivity contribution in [2.45, 2.75) is 236 Å². The van der Waals surface area contributed by atoms with Crippen molar-refractivity contribution in [3.05, 3.63) is 203 Å². The summed E-state index contributed by atoms with van der Waals surface area (Å²) in [6, 6.07) is 16.4. The second-order valence-electron chi connectivity index (χ2n) is 38.2. The molecule has 10 unspecified atom stereocenters. The van der Waals surface area contributed by atoms with Gasteiger partial charge in [-0.2, -0.15) is 0 Å². The Kier molecular flexibility index (Phi) is 29.2. The first-order valence-corrected chi connectivity index (χ1v) is 46.6. The predicted octanol–water partition coefficient (Wildman–Crippen LogP) is 21.4. The minimum atomic E-state index is -1.22. The highest BCUT2D eigenvalue weighted by Crippen LogP contribution is 2.70. The molecule has 1 N–H and O–H groups in total. The summed E-state index contributed by atoms with van der Waals surface area (Å²) in [6.07, 6.45) is 12.4. The van der Waals surface area contributed by atoms with Gasteiger partial charge in [-0.3, -0.25) is 9.59 Å². The molecule has 0 spiro atoms. The van der Waals surface area contributed by atoms with Gasteiger partial charge in [-0.05, 0) is 202 Å². The van der Waals surface area contributed by atoms with E-state index in [0.29, 0.717) is 61.6 Å². The molecule has 8 heterocycles. The van der Waals surface area contributed by atoms with Crippen molar-refractivity contribution < 1.29 is 160 Å². The number of carboxylic acids is 1. The third-order valence-corrected chi connectivity index (χ3v) is 28.9. The molecule has 0 aromatic heterocycles. The summed E-state index contributed by atoms with van der Waals surface area (Å²) in [6.45, 7) is 36.3. The van der Waals surface area contributed by atoms with Crippen LogP contribution in [0.25, 0.3) is 18.2 Å². The number of alkyl halides is 2. The SMILES string of the molecule is C=CC(=O)O.CC1(C)OC(=O)c2c(F)ccc(/C=C/OC=O)c2O1.CC1(C)OC(=O)c2c(F)ccc(/C=C\B3OC4CC5CC(C5(C)C)[C@]4(C)O3)c2O1.CC1(C)OC(=O)c2c(F)ccc(/C=C\Br)c2O1.CC1(C)OC(=O)c2c(F)ccc(Br)c2O1.CC1(C)OC(=O)c2c(F)ccc(C(Br)C(Br)OC=O)c2O1.CC1(C)OC(=O)c2c(F)ccc(C3CC3B3OC4CC5CC(C5(C)C)[C@]4(C)O3)c2O1. The summed E-state index contributed by atoms with van der Waals surface area (Å²) < 4.78 is 182. The van der Waals surface area contributed by atoms with Crippen LogP contribution >= 0.6 is 63.7 Å². The van der Waals surface area contributed by atoms with Crippen molar-refractivity contribution in [1.29, 1.82) is 0 Å². The highest BCUT2D eigenvalue weighted by atomic mass is 79.9.